The number of carboxylic acids is 1. The maximum atomic E-state index is 12.5. The molecule has 0 atom stereocenters. The number of hydrogen-bond donors (Lipinski definition) is 1. The lowest BCUT2D eigenvalue weighted by Gasteiger charge is -2.20. The molecular weight excluding hydrogens is 393 g/mol. The lowest BCUT2D eigenvalue weighted by Crippen LogP contribution is -2.32. The molecule has 0 fully saturated rings. The van der Waals surface area contributed by atoms with Crippen molar-refractivity contribution in [3.8, 4) is 0 Å². The van der Waals surface area contributed by atoms with Crippen LogP contribution in [0.1, 0.15) is 24.2 Å². The highest BCUT2D eigenvalue weighted by Gasteiger charge is 2.24. The van der Waals surface area contributed by atoms with Gasteiger partial charge in [0.1, 0.15) is 0 Å². The van der Waals surface area contributed by atoms with Gasteiger partial charge in [0.2, 0.25) is 10.0 Å². The predicted octanol–water partition coefficient (Wildman–Crippen LogP) is 2.58. The maximum Gasteiger partial charge on any atom is 0.336 e. The normalized spacial score (nSPS) is 11.6. The van der Waals surface area contributed by atoms with Gasteiger partial charge >= 0.3 is 5.97 Å². The van der Waals surface area contributed by atoms with E-state index in [0.29, 0.717) is 10.1 Å². The fourth-order valence-corrected chi connectivity index (χ4v) is 3.75. The first-order valence-electron chi connectivity index (χ1n) is 5.87. The molecule has 110 valence electrons. The Kier molecular flexibility index (Phi) is 5.72. The molecule has 5 nitrogen and oxygen atoms in total. The zero-order valence-corrected chi connectivity index (χ0v) is 14.2. The Morgan fingerprint density at radius 2 is 2.05 bits per heavy atom. The molecule has 0 amide bonds. The van der Waals surface area contributed by atoms with Crippen LogP contribution in [0.15, 0.2) is 35.2 Å². The van der Waals surface area contributed by atoms with Crippen LogP contribution in [0.2, 0.25) is 0 Å². The van der Waals surface area contributed by atoms with Crippen LogP contribution in [0.5, 0.6) is 0 Å². The molecule has 0 aliphatic heterocycles. The van der Waals surface area contributed by atoms with Crippen LogP contribution in [0.4, 0.5) is 0 Å². The third-order valence-corrected chi connectivity index (χ3v) is 5.46. The summed E-state index contributed by atoms with van der Waals surface area (Å²) >= 11 is 1.86. The lowest BCUT2D eigenvalue weighted by molar-refractivity contribution is 0.0695. The van der Waals surface area contributed by atoms with Crippen molar-refractivity contribution >= 4 is 38.6 Å². The molecule has 0 spiro atoms. The second kappa shape index (κ2) is 6.68. The lowest BCUT2D eigenvalue weighted by atomic mass is 10.2. The Labute approximate surface area is 132 Å². The van der Waals surface area contributed by atoms with Gasteiger partial charge in [0.25, 0.3) is 0 Å². The summed E-state index contributed by atoms with van der Waals surface area (Å²) in [6.45, 7) is 7.69. The fraction of sp³-hybridized carbons (Fsp3) is 0.308. The number of carboxylic acid groups (broad SMARTS) is 1. The van der Waals surface area contributed by atoms with E-state index in [1.165, 1.54) is 22.5 Å². The zero-order valence-electron chi connectivity index (χ0n) is 11.3. The van der Waals surface area contributed by atoms with Gasteiger partial charge in [-0.1, -0.05) is 19.1 Å². The van der Waals surface area contributed by atoms with Gasteiger partial charge in [-0.3, -0.25) is 0 Å². The number of aromatic carboxylic acids is 1. The van der Waals surface area contributed by atoms with Crippen molar-refractivity contribution in [2.75, 3.05) is 13.1 Å². The quantitative estimate of drug-likeness (QED) is 0.579. The molecule has 1 aromatic carbocycles. The molecule has 0 saturated carbocycles. The van der Waals surface area contributed by atoms with Gasteiger partial charge in [0, 0.05) is 16.7 Å². The molecule has 1 aromatic rings. The van der Waals surface area contributed by atoms with Crippen molar-refractivity contribution in [1.29, 1.82) is 0 Å². The first kappa shape index (κ1) is 17.1. The molecule has 0 aromatic heterocycles. The fourth-order valence-electron chi connectivity index (χ4n) is 1.65. The number of halogens is 1. The van der Waals surface area contributed by atoms with Gasteiger partial charge in [-0.05, 0) is 47.7 Å². The molecule has 0 saturated heterocycles. The average molecular weight is 409 g/mol. The number of benzene rings is 1. The molecule has 0 unspecified atom stereocenters. The molecule has 1 N–H and O–H groups in total. The maximum absolute atomic E-state index is 12.5. The van der Waals surface area contributed by atoms with Crippen LogP contribution >= 0.6 is 22.6 Å². The summed E-state index contributed by atoms with van der Waals surface area (Å²) in [5.41, 5.74) is 0.706. The molecule has 0 bridgehead atoms. The zero-order chi connectivity index (χ0) is 15.5. The van der Waals surface area contributed by atoms with E-state index in [1.54, 1.807) is 13.8 Å². The summed E-state index contributed by atoms with van der Waals surface area (Å²) in [4.78, 5) is 11.1. The highest BCUT2D eigenvalue weighted by Crippen LogP contribution is 2.21. The molecule has 7 heteroatoms. The monoisotopic (exact) mass is 409 g/mol. The van der Waals surface area contributed by atoms with E-state index < -0.39 is 16.0 Å². The summed E-state index contributed by atoms with van der Waals surface area (Å²) in [6, 6.07) is 4.11. The third-order valence-electron chi connectivity index (χ3n) is 2.60. The molecule has 0 radical (unpaired) electrons. The standard InChI is InChI=1S/C13H16INO4S/c1-4-15(8-9(2)3)20(18,19)10-5-6-12(14)11(7-10)13(16)17/h5-7H,2,4,8H2,1,3H3,(H,16,17). The number of nitrogens with zero attached hydrogens (tertiary/aromatic N) is 1. The van der Waals surface area contributed by atoms with Crippen molar-refractivity contribution in [2.24, 2.45) is 0 Å². The van der Waals surface area contributed by atoms with Gasteiger partial charge in [-0.15, -0.1) is 0 Å². The summed E-state index contributed by atoms with van der Waals surface area (Å²) < 4.78 is 26.7. The molecule has 0 aliphatic rings. The van der Waals surface area contributed by atoms with E-state index >= 15 is 0 Å². The SMILES string of the molecule is C=C(C)CN(CC)S(=O)(=O)c1ccc(I)c(C(=O)O)c1. The smallest absolute Gasteiger partial charge is 0.336 e. The second-order valence-corrected chi connectivity index (χ2v) is 7.44. The van der Waals surface area contributed by atoms with Crippen LogP contribution in [0, 0.1) is 3.57 Å². The van der Waals surface area contributed by atoms with Gasteiger partial charge in [-0.2, -0.15) is 4.31 Å². The van der Waals surface area contributed by atoms with Crippen LogP contribution in [-0.4, -0.2) is 36.9 Å². The summed E-state index contributed by atoms with van der Waals surface area (Å²) in [5, 5.41) is 9.07. The van der Waals surface area contributed by atoms with E-state index in [0.717, 1.165) is 5.57 Å². The van der Waals surface area contributed by atoms with Crippen molar-refractivity contribution < 1.29 is 18.3 Å². The van der Waals surface area contributed by atoms with Gasteiger partial charge in [-0.25, -0.2) is 13.2 Å². The highest BCUT2D eigenvalue weighted by molar-refractivity contribution is 14.1. The Morgan fingerprint density at radius 3 is 2.50 bits per heavy atom. The Morgan fingerprint density at radius 1 is 1.45 bits per heavy atom. The number of likely N-dealkylation sites (N-methyl/N-ethyl adjacent to an activating group) is 1. The average Bonchev–Trinajstić information content (AvgIpc) is 2.35. The van der Waals surface area contributed by atoms with Crippen molar-refractivity contribution in [3.05, 3.63) is 39.5 Å². The summed E-state index contributed by atoms with van der Waals surface area (Å²) in [6.07, 6.45) is 0. The largest absolute Gasteiger partial charge is 0.478 e. The van der Waals surface area contributed by atoms with Crippen LogP contribution in [-0.2, 0) is 10.0 Å². The van der Waals surface area contributed by atoms with Gasteiger partial charge in [0.15, 0.2) is 0 Å². The number of hydrogen-bond acceptors (Lipinski definition) is 3. The molecule has 0 heterocycles. The number of carbonyl (C=O) groups is 1. The second-order valence-electron chi connectivity index (χ2n) is 4.34. The first-order valence-corrected chi connectivity index (χ1v) is 8.39. The predicted molar refractivity (Wildman–Crippen MR) is 85.4 cm³/mol. The van der Waals surface area contributed by atoms with Crippen molar-refractivity contribution in [2.45, 2.75) is 18.7 Å². The molecule has 20 heavy (non-hydrogen) atoms. The van der Waals surface area contributed by atoms with E-state index in [9.17, 15) is 13.2 Å². The van der Waals surface area contributed by atoms with Crippen LogP contribution < -0.4 is 0 Å². The van der Waals surface area contributed by atoms with E-state index in [4.69, 9.17) is 5.11 Å². The van der Waals surface area contributed by atoms with E-state index in [1.807, 2.05) is 22.6 Å². The van der Waals surface area contributed by atoms with Crippen LogP contribution in [0.25, 0.3) is 0 Å². The van der Waals surface area contributed by atoms with Crippen molar-refractivity contribution in [3.63, 3.8) is 0 Å². The van der Waals surface area contributed by atoms with Gasteiger partial charge in [0.05, 0.1) is 10.5 Å². The minimum Gasteiger partial charge on any atom is -0.478 e. The first-order chi connectivity index (χ1) is 9.20. The Balaban J connectivity index is 3.31. The topological polar surface area (TPSA) is 74.7 Å². The van der Waals surface area contributed by atoms with Gasteiger partial charge < -0.3 is 5.11 Å². The minimum atomic E-state index is -3.71. The highest BCUT2D eigenvalue weighted by atomic mass is 127. The van der Waals surface area contributed by atoms with E-state index in [2.05, 4.69) is 6.58 Å². The number of rotatable bonds is 6. The minimum absolute atomic E-state index is 0.0154. The third kappa shape index (κ3) is 3.80. The molecule has 0 aliphatic carbocycles. The van der Waals surface area contributed by atoms with Crippen molar-refractivity contribution in [1.82, 2.24) is 4.31 Å². The number of sulfonamides is 1. The molecular formula is C13H16INO4S. The van der Waals surface area contributed by atoms with Crippen LogP contribution in [0.3, 0.4) is 0 Å². The Bertz CT molecular complexity index is 640. The Hall–Kier alpha value is -0.930. The molecule has 1 rings (SSSR count). The summed E-state index contributed by atoms with van der Waals surface area (Å²) in [5.74, 6) is -1.14. The summed E-state index contributed by atoms with van der Waals surface area (Å²) in [7, 11) is -3.71. The van der Waals surface area contributed by atoms with E-state index in [-0.39, 0.29) is 17.0 Å².